The zero-order valence-corrected chi connectivity index (χ0v) is 10.5. The Morgan fingerprint density at radius 1 is 1.29 bits per heavy atom. The van der Waals surface area contributed by atoms with Crippen LogP contribution in [0.3, 0.4) is 0 Å². The van der Waals surface area contributed by atoms with Crippen LogP contribution in [0.25, 0.3) is 0 Å². The highest BCUT2D eigenvalue weighted by atomic mass is 32.2. The van der Waals surface area contributed by atoms with Crippen molar-refractivity contribution in [2.24, 2.45) is 0 Å². The van der Waals surface area contributed by atoms with Crippen molar-refractivity contribution in [3.63, 3.8) is 0 Å². The van der Waals surface area contributed by atoms with E-state index in [-0.39, 0.29) is 5.12 Å². The largest absolute Gasteiger partial charge is 0.295 e. The van der Waals surface area contributed by atoms with Gasteiger partial charge in [-0.2, -0.15) is 0 Å². The van der Waals surface area contributed by atoms with Gasteiger partial charge in [0, 0.05) is 24.9 Å². The Kier molecular flexibility index (Phi) is 3.04. The molecular weight excluding hydrogens is 230 g/mol. The van der Waals surface area contributed by atoms with E-state index in [4.69, 9.17) is 0 Å². The van der Waals surface area contributed by atoms with E-state index in [1.165, 1.54) is 22.9 Å². The van der Waals surface area contributed by atoms with Crippen LogP contribution < -0.4 is 0 Å². The Morgan fingerprint density at radius 2 is 2.12 bits per heavy atom. The molecule has 0 aliphatic carbocycles. The lowest BCUT2D eigenvalue weighted by atomic mass is 10.0. The molecule has 1 fully saturated rings. The minimum Gasteiger partial charge on any atom is -0.295 e. The molecule has 1 unspecified atom stereocenters. The average Bonchev–Trinajstić information content (AvgIpc) is 2.70. The summed E-state index contributed by atoms with van der Waals surface area (Å²) in [4.78, 5) is 13.8. The molecule has 0 spiro atoms. The van der Waals surface area contributed by atoms with Crippen LogP contribution in [0.1, 0.15) is 12.0 Å². The SMILES string of the molecule is O=C1C=C2CN(Cc3ccccc3)CCC2S1. The van der Waals surface area contributed by atoms with Gasteiger partial charge in [0.15, 0.2) is 0 Å². The molecule has 1 aromatic carbocycles. The number of piperidine rings is 1. The molecule has 2 nitrogen and oxygen atoms in total. The molecule has 3 heteroatoms. The summed E-state index contributed by atoms with van der Waals surface area (Å²) in [5, 5.41) is 0.709. The molecule has 0 bridgehead atoms. The van der Waals surface area contributed by atoms with E-state index in [9.17, 15) is 4.79 Å². The number of hydrogen-bond acceptors (Lipinski definition) is 3. The Bertz CT molecular complexity index is 455. The van der Waals surface area contributed by atoms with Gasteiger partial charge in [-0.1, -0.05) is 42.1 Å². The van der Waals surface area contributed by atoms with Crippen LogP contribution in [0.4, 0.5) is 0 Å². The standard InChI is InChI=1S/C14H15NOS/c16-14-8-12-10-15(7-6-13(12)17-14)9-11-4-2-1-3-5-11/h1-5,8,13H,6-7,9-10H2. The lowest BCUT2D eigenvalue weighted by molar-refractivity contribution is -0.106. The number of nitrogens with zero attached hydrogens (tertiary/aromatic N) is 1. The summed E-state index contributed by atoms with van der Waals surface area (Å²) in [6, 6.07) is 10.5. The smallest absolute Gasteiger partial charge is 0.212 e. The monoisotopic (exact) mass is 245 g/mol. The minimum absolute atomic E-state index is 0.242. The molecule has 2 aliphatic rings. The third kappa shape index (κ3) is 2.45. The predicted octanol–water partition coefficient (Wildman–Crippen LogP) is 2.46. The summed E-state index contributed by atoms with van der Waals surface area (Å²) >= 11 is 1.50. The van der Waals surface area contributed by atoms with Gasteiger partial charge in [0.25, 0.3) is 0 Å². The average molecular weight is 245 g/mol. The second kappa shape index (κ2) is 4.67. The molecule has 17 heavy (non-hydrogen) atoms. The first-order valence-electron chi connectivity index (χ1n) is 5.98. The molecule has 0 amide bonds. The maximum absolute atomic E-state index is 11.3. The van der Waals surface area contributed by atoms with Crippen molar-refractivity contribution >= 4 is 16.9 Å². The van der Waals surface area contributed by atoms with Gasteiger partial charge in [-0.3, -0.25) is 9.69 Å². The van der Waals surface area contributed by atoms with Crippen molar-refractivity contribution in [2.75, 3.05) is 13.1 Å². The van der Waals surface area contributed by atoms with E-state index in [1.807, 2.05) is 12.1 Å². The molecule has 0 saturated carbocycles. The maximum atomic E-state index is 11.3. The third-order valence-electron chi connectivity index (χ3n) is 3.34. The number of thioether (sulfide) groups is 1. The summed E-state index contributed by atoms with van der Waals surface area (Å²) in [7, 11) is 0. The molecule has 88 valence electrons. The lowest BCUT2D eigenvalue weighted by Gasteiger charge is -2.31. The van der Waals surface area contributed by atoms with E-state index in [0.717, 1.165) is 26.1 Å². The van der Waals surface area contributed by atoms with Crippen molar-refractivity contribution in [3.8, 4) is 0 Å². The van der Waals surface area contributed by atoms with Gasteiger partial charge in [-0.05, 0) is 23.6 Å². The molecule has 3 rings (SSSR count). The topological polar surface area (TPSA) is 20.3 Å². The quantitative estimate of drug-likeness (QED) is 0.798. The lowest BCUT2D eigenvalue weighted by Crippen LogP contribution is -2.35. The van der Waals surface area contributed by atoms with Crippen molar-refractivity contribution in [1.29, 1.82) is 0 Å². The van der Waals surface area contributed by atoms with Crippen LogP contribution in [-0.2, 0) is 11.3 Å². The molecule has 1 atom stereocenters. The molecule has 0 radical (unpaired) electrons. The van der Waals surface area contributed by atoms with Gasteiger partial charge < -0.3 is 0 Å². The van der Waals surface area contributed by atoms with E-state index in [2.05, 4.69) is 29.2 Å². The Morgan fingerprint density at radius 3 is 2.94 bits per heavy atom. The second-order valence-electron chi connectivity index (χ2n) is 4.63. The van der Waals surface area contributed by atoms with Crippen LogP contribution in [0.5, 0.6) is 0 Å². The van der Waals surface area contributed by atoms with Gasteiger partial charge in [0.2, 0.25) is 5.12 Å². The third-order valence-corrected chi connectivity index (χ3v) is 4.51. The first-order valence-corrected chi connectivity index (χ1v) is 6.86. The first-order chi connectivity index (χ1) is 8.31. The van der Waals surface area contributed by atoms with Gasteiger partial charge in [-0.15, -0.1) is 0 Å². The number of likely N-dealkylation sites (tertiary alicyclic amines) is 1. The van der Waals surface area contributed by atoms with E-state index in [1.54, 1.807) is 0 Å². The van der Waals surface area contributed by atoms with Crippen molar-refractivity contribution < 1.29 is 4.79 Å². The number of fused-ring (bicyclic) bond motifs is 1. The van der Waals surface area contributed by atoms with E-state index in [0.29, 0.717) is 5.25 Å². The fourth-order valence-corrected chi connectivity index (χ4v) is 3.52. The highest BCUT2D eigenvalue weighted by Gasteiger charge is 2.30. The van der Waals surface area contributed by atoms with Crippen LogP contribution in [0.15, 0.2) is 42.0 Å². The second-order valence-corrected chi connectivity index (χ2v) is 5.84. The summed E-state index contributed by atoms with van der Waals surface area (Å²) in [6.07, 6.45) is 2.95. The Labute approximate surface area is 106 Å². The molecule has 2 heterocycles. The van der Waals surface area contributed by atoms with Crippen molar-refractivity contribution in [3.05, 3.63) is 47.5 Å². The van der Waals surface area contributed by atoms with Crippen LogP contribution >= 0.6 is 11.8 Å². The summed E-state index contributed by atoms with van der Waals surface area (Å²) in [5.41, 5.74) is 2.67. The molecule has 0 N–H and O–H groups in total. The fraction of sp³-hybridized carbons (Fsp3) is 0.357. The van der Waals surface area contributed by atoms with Crippen LogP contribution in [0, 0.1) is 0 Å². The summed E-state index contributed by atoms with van der Waals surface area (Å²) in [5.74, 6) is 0. The number of benzene rings is 1. The highest BCUT2D eigenvalue weighted by Crippen LogP contribution is 2.34. The minimum atomic E-state index is 0.242. The molecule has 1 aromatic rings. The van der Waals surface area contributed by atoms with Crippen LogP contribution in [0.2, 0.25) is 0 Å². The summed E-state index contributed by atoms with van der Waals surface area (Å²) < 4.78 is 0. The van der Waals surface area contributed by atoms with Gasteiger partial charge in [0.05, 0.1) is 0 Å². The first kappa shape index (κ1) is 11.1. The van der Waals surface area contributed by atoms with E-state index < -0.39 is 0 Å². The number of hydrogen-bond donors (Lipinski definition) is 0. The fourth-order valence-electron chi connectivity index (χ4n) is 2.50. The predicted molar refractivity (Wildman–Crippen MR) is 70.8 cm³/mol. The highest BCUT2D eigenvalue weighted by molar-refractivity contribution is 8.15. The Hall–Kier alpha value is -1.06. The van der Waals surface area contributed by atoms with Crippen LogP contribution in [-0.4, -0.2) is 28.4 Å². The maximum Gasteiger partial charge on any atom is 0.212 e. The summed E-state index contributed by atoms with van der Waals surface area (Å²) in [6.45, 7) is 3.04. The normalized spacial score (nSPS) is 24.6. The molecule has 2 aliphatic heterocycles. The molecular formula is C14H15NOS. The zero-order chi connectivity index (χ0) is 11.7. The van der Waals surface area contributed by atoms with Gasteiger partial charge in [0.1, 0.15) is 0 Å². The number of rotatable bonds is 2. The van der Waals surface area contributed by atoms with Crippen molar-refractivity contribution in [1.82, 2.24) is 4.90 Å². The van der Waals surface area contributed by atoms with E-state index >= 15 is 0 Å². The number of carbonyl (C=O) groups excluding carboxylic acids is 1. The molecule has 0 aromatic heterocycles. The van der Waals surface area contributed by atoms with Gasteiger partial charge >= 0.3 is 0 Å². The number of carbonyl (C=O) groups is 1. The molecule has 1 saturated heterocycles. The van der Waals surface area contributed by atoms with Crippen molar-refractivity contribution in [2.45, 2.75) is 18.2 Å². The Balaban J connectivity index is 1.67. The zero-order valence-electron chi connectivity index (χ0n) is 9.63. The van der Waals surface area contributed by atoms with Gasteiger partial charge in [-0.25, -0.2) is 0 Å².